The van der Waals surface area contributed by atoms with Gasteiger partial charge in [0.1, 0.15) is 5.75 Å². The van der Waals surface area contributed by atoms with Crippen molar-refractivity contribution in [2.45, 2.75) is 139 Å². The zero-order valence-electron chi connectivity index (χ0n) is 31.1. The van der Waals surface area contributed by atoms with E-state index in [1.807, 2.05) is 26.0 Å². The van der Waals surface area contributed by atoms with Crippen LogP contribution in [0.25, 0.3) is 0 Å². The summed E-state index contributed by atoms with van der Waals surface area (Å²) in [5, 5.41) is 0.0935. The average Bonchev–Trinajstić information content (AvgIpc) is 3.03. The van der Waals surface area contributed by atoms with E-state index in [-0.39, 0.29) is 35.3 Å². The molecule has 0 aliphatic rings. The van der Waals surface area contributed by atoms with Gasteiger partial charge < -0.3 is 13.9 Å². The third-order valence-electron chi connectivity index (χ3n) is 9.38. The summed E-state index contributed by atoms with van der Waals surface area (Å²) in [5.41, 5.74) is 0.580. The number of rotatable bonds is 21. The Labute approximate surface area is 309 Å². The van der Waals surface area contributed by atoms with E-state index in [1.165, 1.54) is 24.3 Å². The monoisotopic (exact) mass is 852 g/mol. The zero-order valence-corrected chi connectivity index (χ0v) is 32.1. The minimum absolute atomic E-state index is 0.00404. The van der Waals surface area contributed by atoms with Gasteiger partial charge in [-0.25, -0.2) is 0 Å². The van der Waals surface area contributed by atoms with Crippen LogP contribution in [0.3, 0.4) is 0 Å². The van der Waals surface area contributed by atoms with Gasteiger partial charge in [-0.05, 0) is 67.4 Å². The van der Waals surface area contributed by atoms with Crippen molar-refractivity contribution < 1.29 is 88.5 Å². The fourth-order valence-electron chi connectivity index (χ4n) is 4.22. The lowest BCUT2D eigenvalue weighted by Gasteiger charge is -2.42. The van der Waals surface area contributed by atoms with E-state index in [4.69, 9.17) is 13.9 Å². The summed E-state index contributed by atoms with van der Waals surface area (Å²) in [6.07, 6.45) is -7.15. The summed E-state index contributed by atoms with van der Waals surface area (Å²) in [6.45, 7) is 16.4. The number of benzene rings is 1. The molecule has 0 aliphatic carbocycles. The number of hydrogen-bond acceptors (Lipinski definition) is 3. The Kier molecular flexibility index (Phi) is 15.9. The SMILES string of the molecule is C[C@H](C/C=C/[C@@H](C)[C@@H](C)OCc1ccc(OCCCC(F)(F)C(F)(F)C(F)(F)C(F)(F)C(F)(F)C(F)(F)C(F)(F)C(F)(F)F)cc1)CO[Si](C)(C)C(C)(C)C. The van der Waals surface area contributed by atoms with E-state index in [2.05, 4.69) is 40.8 Å². The highest BCUT2D eigenvalue weighted by Crippen LogP contribution is 2.64. The molecule has 0 bridgehead atoms. The molecule has 0 heterocycles. The van der Waals surface area contributed by atoms with Crippen molar-refractivity contribution in [2.24, 2.45) is 11.8 Å². The molecule has 1 aromatic rings. The highest BCUT2D eigenvalue weighted by atomic mass is 28.4. The second-order valence-electron chi connectivity index (χ2n) is 15.0. The zero-order chi connectivity index (χ0) is 43.5. The first kappa shape index (κ1) is 50.7. The lowest BCUT2D eigenvalue weighted by molar-refractivity contribution is -0.461. The minimum Gasteiger partial charge on any atom is -0.494 e. The summed E-state index contributed by atoms with van der Waals surface area (Å²) in [4.78, 5) is 0. The Bertz CT molecular complexity index is 1390. The van der Waals surface area contributed by atoms with E-state index in [9.17, 15) is 74.6 Å². The highest BCUT2D eigenvalue weighted by molar-refractivity contribution is 6.74. The van der Waals surface area contributed by atoms with Crippen LogP contribution in [0.2, 0.25) is 18.1 Å². The molecule has 0 aromatic heterocycles. The van der Waals surface area contributed by atoms with Crippen molar-refractivity contribution in [3.63, 3.8) is 0 Å². The van der Waals surface area contributed by atoms with Crippen molar-refractivity contribution in [2.75, 3.05) is 13.2 Å². The molecule has 21 heteroatoms. The van der Waals surface area contributed by atoms with Crippen molar-refractivity contribution >= 4 is 8.32 Å². The maximum absolute atomic E-state index is 14.1. The van der Waals surface area contributed by atoms with Crippen LogP contribution in [-0.4, -0.2) is 75.3 Å². The Morgan fingerprint density at radius 1 is 0.655 bits per heavy atom. The molecule has 3 atom stereocenters. The van der Waals surface area contributed by atoms with Crippen LogP contribution < -0.4 is 4.74 Å². The third-order valence-corrected chi connectivity index (χ3v) is 13.9. The Morgan fingerprint density at radius 3 is 1.56 bits per heavy atom. The van der Waals surface area contributed by atoms with Crippen LogP contribution >= 0.6 is 0 Å². The van der Waals surface area contributed by atoms with Crippen molar-refractivity contribution in [1.29, 1.82) is 0 Å². The Hall–Kier alpha value is -2.29. The number of halogens is 17. The van der Waals surface area contributed by atoms with Gasteiger partial charge in [0.15, 0.2) is 8.32 Å². The normalized spacial score (nSPS) is 16.7. The summed E-state index contributed by atoms with van der Waals surface area (Å²) in [5.74, 6) is -56.2. The molecule has 0 saturated heterocycles. The molecule has 0 spiro atoms. The molecule has 0 radical (unpaired) electrons. The first-order chi connectivity index (χ1) is 24.4. The first-order valence-electron chi connectivity index (χ1n) is 16.7. The number of alkyl halides is 17. The molecule has 1 rings (SSSR count). The van der Waals surface area contributed by atoms with Gasteiger partial charge in [-0.2, -0.15) is 74.6 Å². The van der Waals surface area contributed by atoms with E-state index in [0.29, 0.717) is 12.2 Å². The van der Waals surface area contributed by atoms with Gasteiger partial charge in [-0.3, -0.25) is 0 Å². The average molecular weight is 853 g/mol. The highest BCUT2D eigenvalue weighted by Gasteiger charge is 2.95. The van der Waals surface area contributed by atoms with E-state index in [0.717, 1.165) is 6.42 Å². The second kappa shape index (κ2) is 17.3. The standard InChI is InChI=1S/C34H45F17O3Si/c1-21(19-54-55(7,8)26(4,5)6)11-9-12-22(2)23(3)53-20-24-13-15-25(16-14-24)52-18-10-17-27(35,36)28(37,38)29(39,40)30(41,42)31(43,44)32(45,46)33(47,48)34(49,50)51/h9,12-16,21-23H,10-11,17-20H2,1-8H3/b12-9+/t21-,22-,23-/m1/s1. The van der Waals surface area contributed by atoms with Crippen LogP contribution in [0, 0.1) is 11.8 Å². The van der Waals surface area contributed by atoms with Gasteiger partial charge in [0.25, 0.3) is 0 Å². The largest absolute Gasteiger partial charge is 0.494 e. The maximum atomic E-state index is 14.1. The van der Waals surface area contributed by atoms with Gasteiger partial charge in [0.05, 0.1) is 19.3 Å². The van der Waals surface area contributed by atoms with Crippen molar-refractivity contribution in [1.82, 2.24) is 0 Å². The molecule has 322 valence electrons. The Morgan fingerprint density at radius 2 is 1.11 bits per heavy atom. The molecular weight excluding hydrogens is 807 g/mol. The number of allylic oxidation sites excluding steroid dienone is 1. The van der Waals surface area contributed by atoms with Crippen LogP contribution in [0.15, 0.2) is 36.4 Å². The summed E-state index contributed by atoms with van der Waals surface area (Å²) >= 11 is 0. The van der Waals surface area contributed by atoms with E-state index >= 15 is 0 Å². The molecule has 0 unspecified atom stereocenters. The molecule has 55 heavy (non-hydrogen) atoms. The molecule has 0 aliphatic heterocycles. The smallest absolute Gasteiger partial charge is 0.460 e. The fraction of sp³-hybridized carbons (Fsp3) is 0.765. The maximum Gasteiger partial charge on any atom is 0.460 e. The summed E-state index contributed by atoms with van der Waals surface area (Å²) in [7, 11) is -1.87. The molecule has 0 N–H and O–H groups in total. The molecule has 1 aromatic carbocycles. The van der Waals surface area contributed by atoms with Crippen LogP contribution in [-0.2, 0) is 15.8 Å². The molecule has 3 nitrogen and oxygen atoms in total. The van der Waals surface area contributed by atoms with Crippen molar-refractivity contribution in [3.05, 3.63) is 42.0 Å². The third kappa shape index (κ3) is 10.8. The molecule has 0 amide bonds. The van der Waals surface area contributed by atoms with E-state index < -0.39 is 75.4 Å². The van der Waals surface area contributed by atoms with Gasteiger partial charge in [-0.15, -0.1) is 0 Å². The fourth-order valence-corrected chi connectivity index (χ4v) is 5.35. The molecule has 0 fully saturated rings. The van der Waals surface area contributed by atoms with Crippen LogP contribution in [0.1, 0.15) is 66.4 Å². The topological polar surface area (TPSA) is 27.7 Å². The van der Waals surface area contributed by atoms with Gasteiger partial charge in [0, 0.05) is 13.0 Å². The number of hydrogen-bond donors (Lipinski definition) is 0. The lowest BCUT2D eigenvalue weighted by Crippen LogP contribution is -2.74. The van der Waals surface area contributed by atoms with Gasteiger partial charge in [0.2, 0.25) is 0 Å². The van der Waals surface area contributed by atoms with Gasteiger partial charge >= 0.3 is 47.6 Å². The van der Waals surface area contributed by atoms with Crippen molar-refractivity contribution in [3.8, 4) is 5.75 Å². The Balaban J connectivity index is 2.78. The van der Waals surface area contributed by atoms with Gasteiger partial charge in [-0.1, -0.05) is 58.9 Å². The van der Waals surface area contributed by atoms with E-state index in [1.54, 1.807) is 0 Å². The minimum atomic E-state index is -8.64. The summed E-state index contributed by atoms with van der Waals surface area (Å²) in [6, 6.07) is 5.38. The lowest BCUT2D eigenvalue weighted by atomic mass is 9.88. The molecular formula is C34H45F17O3Si. The molecule has 0 saturated carbocycles. The predicted molar refractivity (Wildman–Crippen MR) is 171 cm³/mol. The summed E-state index contributed by atoms with van der Waals surface area (Å²) < 4.78 is 246. The second-order valence-corrected chi connectivity index (χ2v) is 19.8. The quantitative estimate of drug-likeness (QED) is 0.0534. The first-order valence-corrected chi connectivity index (χ1v) is 19.6. The van der Waals surface area contributed by atoms with Crippen LogP contribution in [0.4, 0.5) is 74.6 Å². The van der Waals surface area contributed by atoms with Crippen LogP contribution in [0.5, 0.6) is 5.75 Å². The predicted octanol–water partition coefficient (Wildman–Crippen LogP) is 13.0. The number of ether oxygens (including phenoxy) is 2.